The van der Waals surface area contributed by atoms with Gasteiger partial charge in [0.1, 0.15) is 11.6 Å². The summed E-state index contributed by atoms with van der Waals surface area (Å²) in [6.45, 7) is 4.60. The van der Waals surface area contributed by atoms with E-state index < -0.39 is 23.5 Å². The zero-order valence-electron chi connectivity index (χ0n) is 17.3. The van der Waals surface area contributed by atoms with Gasteiger partial charge < -0.3 is 20.3 Å². The van der Waals surface area contributed by atoms with Gasteiger partial charge in [0.25, 0.3) is 5.91 Å². The molecule has 5 amide bonds. The predicted molar refractivity (Wildman–Crippen MR) is 105 cm³/mol. The summed E-state index contributed by atoms with van der Waals surface area (Å²) in [6, 6.07) is -1.37. The molecule has 3 rings (SSSR count). The molecule has 9 heteroatoms. The third-order valence-corrected chi connectivity index (χ3v) is 6.41. The van der Waals surface area contributed by atoms with E-state index in [0.717, 1.165) is 38.5 Å². The molecule has 9 nitrogen and oxygen atoms in total. The van der Waals surface area contributed by atoms with E-state index >= 15 is 0 Å². The quantitative estimate of drug-likeness (QED) is 0.514. The molecular weight excluding hydrogens is 376 g/mol. The van der Waals surface area contributed by atoms with Crippen molar-refractivity contribution in [1.29, 1.82) is 0 Å². The highest BCUT2D eigenvalue weighted by Gasteiger charge is 2.44. The van der Waals surface area contributed by atoms with Gasteiger partial charge in [-0.2, -0.15) is 0 Å². The minimum absolute atomic E-state index is 0.129. The number of hydrogen-bond donors (Lipinski definition) is 3. The van der Waals surface area contributed by atoms with Crippen LogP contribution in [0, 0.1) is 0 Å². The number of nitrogens with zero attached hydrogens (tertiary/aromatic N) is 1. The van der Waals surface area contributed by atoms with Crippen molar-refractivity contribution >= 4 is 23.8 Å². The van der Waals surface area contributed by atoms with Crippen LogP contribution in [0.15, 0.2) is 0 Å². The first-order valence-corrected chi connectivity index (χ1v) is 10.7. The molecule has 29 heavy (non-hydrogen) atoms. The van der Waals surface area contributed by atoms with Crippen LogP contribution in [0.3, 0.4) is 0 Å². The number of rotatable bonds is 8. The molecule has 0 aromatic heterocycles. The van der Waals surface area contributed by atoms with Crippen molar-refractivity contribution in [3.05, 3.63) is 0 Å². The lowest BCUT2D eigenvalue weighted by atomic mass is 9.92. The molecule has 3 fully saturated rings. The average molecular weight is 408 g/mol. The fourth-order valence-electron chi connectivity index (χ4n) is 4.34. The number of imide groups is 1. The Balaban J connectivity index is 1.77. The second kappa shape index (κ2) is 9.11. The van der Waals surface area contributed by atoms with E-state index in [-0.39, 0.29) is 30.4 Å². The van der Waals surface area contributed by atoms with E-state index in [1.807, 2.05) is 6.92 Å². The van der Waals surface area contributed by atoms with Crippen molar-refractivity contribution < 1.29 is 23.9 Å². The Bertz CT molecular complexity index is 657. The number of ether oxygens (including phenoxy) is 1. The standard InChI is InChI=1S/C20H32N4O5/c1-3-20(2,18(27)21-13-7-4-5-8-13)24(12-14-9-6-10-29-14)16(25)11-15-17(26)23-19(28)22-15/h13-15H,3-12H2,1-2H3,(H,21,27)(H2,22,23,26,28)/t14-,15+,20-/m0/s1. The highest BCUT2D eigenvalue weighted by molar-refractivity contribution is 6.06. The number of amides is 5. The fraction of sp³-hybridized carbons (Fsp3) is 0.800. The fourth-order valence-corrected chi connectivity index (χ4v) is 4.34. The van der Waals surface area contributed by atoms with Gasteiger partial charge in [0, 0.05) is 19.2 Å². The molecule has 2 saturated heterocycles. The van der Waals surface area contributed by atoms with Gasteiger partial charge in [0.05, 0.1) is 12.5 Å². The summed E-state index contributed by atoms with van der Waals surface area (Å²) in [7, 11) is 0. The third-order valence-electron chi connectivity index (χ3n) is 6.41. The van der Waals surface area contributed by atoms with Gasteiger partial charge in [0.2, 0.25) is 11.8 Å². The normalized spacial score (nSPS) is 26.7. The monoisotopic (exact) mass is 408 g/mol. The van der Waals surface area contributed by atoms with Crippen molar-refractivity contribution in [3.8, 4) is 0 Å². The largest absolute Gasteiger partial charge is 0.376 e. The lowest BCUT2D eigenvalue weighted by Gasteiger charge is -2.41. The molecule has 0 aromatic rings. The molecule has 0 aromatic carbocycles. The molecule has 1 aliphatic carbocycles. The zero-order valence-corrected chi connectivity index (χ0v) is 17.3. The van der Waals surface area contributed by atoms with E-state index in [4.69, 9.17) is 4.74 Å². The number of nitrogens with one attached hydrogen (secondary N) is 3. The van der Waals surface area contributed by atoms with E-state index in [9.17, 15) is 19.2 Å². The maximum Gasteiger partial charge on any atom is 0.322 e. The Morgan fingerprint density at radius 3 is 2.48 bits per heavy atom. The van der Waals surface area contributed by atoms with Gasteiger partial charge in [0.15, 0.2) is 0 Å². The second-order valence-electron chi connectivity index (χ2n) is 8.44. The van der Waals surface area contributed by atoms with Crippen molar-refractivity contribution in [3.63, 3.8) is 0 Å². The minimum atomic E-state index is -1.05. The van der Waals surface area contributed by atoms with Crippen LogP contribution in [0.1, 0.15) is 65.2 Å². The van der Waals surface area contributed by atoms with Crippen LogP contribution >= 0.6 is 0 Å². The van der Waals surface area contributed by atoms with Gasteiger partial charge >= 0.3 is 6.03 Å². The number of carbonyl (C=O) groups excluding carboxylic acids is 4. The van der Waals surface area contributed by atoms with Crippen LogP contribution in [-0.2, 0) is 19.1 Å². The topological polar surface area (TPSA) is 117 Å². The van der Waals surface area contributed by atoms with Crippen molar-refractivity contribution in [2.24, 2.45) is 0 Å². The molecule has 0 bridgehead atoms. The van der Waals surface area contributed by atoms with Crippen LogP contribution in [0.2, 0.25) is 0 Å². The maximum atomic E-state index is 13.2. The first kappa shape index (κ1) is 21.5. The molecule has 0 radical (unpaired) electrons. The Morgan fingerprint density at radius 2 is 1.93 bits per heavy atom. The van der Waals surface area contributed by atoms with Crippen molar-refractivity contribution in [2.75, 3.05) is 13.2 Å². The number of urea groups is 1. The van der Waals surface area contributed by atoms with Crippen LogP contribution in [0.25, 0.3) is 0 Å². The van der Waals surface area contributed by atoms with E-state index in [1.165, 1.54) is 0 Å². The third kappa shape index (κ3) is 4.88. The smallest absolute Gasteiger partial charge is 0.322 e. The highest BCUT2D eigenvalue weighted by atomic mass is 16.5. The van der Waals surface area contributed by atoms with Crippen LogP contribution in [0.4, 0.5) is 4.79 Å². The molecule has 3 atom stereocenters. The van der Waals surface area contributed by atoms with Gasteiger partial charge in [-0.15, -0.1) is 0 Å². The summed E-state index contributed by atoms with van der Waals surface area (Å²) in [5.74, 6) is -1.03. The van der Waals surface area contributed by atoms with Gasteiger partial charge in [-0.05, 0) is 39.0 Å². The van der Waals surface area contributed by atoms with E-state index in [0.29, 0.717) is 19.6 Å². The predicted octanol–water partition coefficient (Wildman–Crippen LogP) is 0.820. The van der Waals surface area contributed by atoms with Crippen LogP contribution in [0.5, 0.6) is 0 Å². The summed E-state index contributed by atoms with van der Waals surface area (Å²) in [4.78, 5) is 51.3. The lowest BCUT2D eigenvalue weighted by molar-refractivity contribution is -0.150. The second-order valence-corrected chi connectivity index (χ2v) is 8.44. The summed E-state index contributed by atoms with van der Waals surface area (Å²) < 4.78 is 5.72. The van der Waals surface area contributed by atoms with Crippen LogP contribution in [-0.4, -0.2) is 65.5 Å². The summed E-state index contributed by atoms with van der Waals surface area (Å²) >= 11 is 0. The molecule has 0 spiro atoms. The van der Waals surface area contributed by atoms with E-state index in [2.05, 4.69) is 16.0 Å². The van der Waals surface area contributed by atoms with Crippen molar-refractivity contribution in [1.82, 2.24) is 20.9 Å². The van der Waals surface area contributed by atoms with Gasteiger partial charge in [-0.3, -0.25) is 19.7 Å². The molecule has 3 N–H and O–H groups in total. The molecule has 2 heterocycles. The first-order valence-electron chi connectivity index (χ1n) is 10.7. The number of carbonyl (C=O) groups is 4. The van der Waals surface area contributed by atoms with Gasteiger partial charge in [-0.25, -0.2) is 4.79 Å². The molecular formula is C20H32N4O5. The first-order chi connectivity index (χ1) is 13.8. The lowest BCUT2D eigenvalue weighted by Crippen LogP contribution is -2.61. The van der Waals surface area contributed by atoms with Gasteiger partial charge in [-0.1, -0.05) is 19.8 Å². The summed E-state index contributed by atoms with van der Waals surface area (Å²) in [5.41, 5.74) is -1.05. The Labute approximate surface area is 171 Å². The average Bonchev–Trinajstić information content (AvgIpc) is 3.43. The highest BCUT2D eigenvalue weighted by Crippen LogP contribution is 2.27. The summed E-state index contributed by atoms with van der Waals surface area (Å²) in [5, 5.41) is 7.72. The zero-order chi connectivity index (χ0) is 21.0. The maximum absolute atomic E-state index is 13.2. The molecule has 2 aliphatic heterocycles. The van der Waals surface area contributed by atoms with E-state index in [1.54, 1.807) is 11.8 Å². The molecule has 0 unspecified atom stereocenters. The Hall–Kier alpha value is -2.16. The molecule has 3 aliphatic rings. The van der Waals surface area contributed by atoms with Crippen molar-refractivity contribution in [2.45, 2.75) is 88.9 Å². The Kier molecular flexibility index (Phi) is 6.77. The number of hydrogen-bond acceptors (Lipinski definition) is 5. The Morgan fingerprint density at radius 1 is 1.21 bits per heavy atom. The molecule has 162 valence electrons. The van der Waals surface area contributed by atoms with Crippen LogP contribution < -0.4 is 16.0 Å². The SMILES string of the molecule is CC[C@@](C)(C(=O)NC1CCCC1)N(C[C@@H]1CCCO1)C(=O)C[C@H]1NC(=O)NC1=O. The summed E-state index contributed by atoms with van der Waals surface area (Å²) in [6.07, 6.45) is 5.99. The minimum Gasteiger partial charge on any atom is -0.376 e. The molecule has 1 saturated carbocycles.